The van der Waals surface area contributed by atoms with E-state index in [2.05, 4.69) is 52.6 Å². The van der Waals surface area contributed by atoms with Crippen LogP contribution in [0.1, 0.15) is 22.5 Å². The van der Waals surface area contributed by atoms with Crippen LogP contribution in [0.25, 0.3) is 0 Å². The lowest BCUT2D eigenvalue weighted by Crippen LogP contribution is -2.06. The van der Waals surface area contributed by atoms with Crippen molar-refractivity contribution in [1.29, 1.82) is 0 Å². The molecular formula is C21H24N4O. The third-order valence-electron chi connectivity index (χ3n) is 4.20. The van der Waals surface area contributed by atoms with Crippen molar-refractivity contribution in [3.63, 3.8) is 0 Å². The Morgan fingerprint density at radius 1 is 0.885 bits per heavy atom. The number of benzene rings is 2. The van der Waals surface area contributed by atoms with E-state index in [0.717, 1.165) is 34.5 Å². The standard InChI is InChI=1S/C21H24N4O/c1-14-6-5-7-15(2)21(14)25-20-12-19(23-16(3)24-20)22-13-17-8-10-18(26-4)11-9-17/h5-12H,13H2,1-4H3,(H2,22,23,24,25). The van der Waals surface area contributed by atoms with Crippen molar-refractivity contribution in [2.24, 2.45) is 0 Å². The van der Waals surface area contributed by atoms with Crippen LogP contribution in [-0.4, -0.2) is 17.1 Å². The van der Waals surface area contributed by atoms with Crippen molar-refractivity contribution >= 4 is 17.3 Å². The molecule has 0 atom stereocenters. The van der Waals surface area contributed by atoms with E-state index in [4.69, 9.17) is 4.74 Å². The van der Waals surface area contributed by atoms with Gasteiger partial charge in [0.15, 0.2) is 0 Å². The topological polar surface area (TPSA) is 59.1 Å². The molecule has 134 valence electrons. The number of hydrogen-bond acceptors (Lipinski definition) is 5. The fraction of sp³-hybridized carbons (Fsp3) is 0.238. The van der Waals surface area contributed by atoms with Crippen LogP contribution in [0.3, 0.4) is 0 Å². The molecule has 0 spiro atoms. The number of methoxy groups -OCH3 is 1. The third-order valence-corrected chi connectivity index (χ3v) is 4.20. The molecule has 5 heteroatoms. The number of aryl methyl sites for hydroxylation is 3. The monoisotopic (exact) mass is 348 g/mol. The number of nitrogens with zero attached hydrogens (tertiary/aromatic N) is 2. The summed E-state index contributed by atoms with van der Waals surface area (Å²) in [7, 11) is 1.67. The first kappa shape index (κ1) is 17.7. The minimum absolute atomic E-state index is 0.684. The largest absolute Gasteiger partial charge is 0.497 e. The number of anilines is 3. The predicted octanol–water partition coefficient (Wildman–Crippen LogP) is 4.77. The fourth-order valence-corrected chi connectivity index (χ4v) is 2.80. The average Bonchev–Trinajstić information content (AvgIpc) is 2.63. The van der Waals surface area contributed by atoms with E-state index in [1.165, 1.54) is 11.1 Å². The van der Waals surface area contributed by atoms with E-state index < -0.39 is 0 Å². The zero-order valence-electron chi connectivity index (χ0n) is 15.6. The Labute approximate surface area is 154 Å². The van der Waals surface area contributed by atoms with Gasteiger partial charge in [-0.05, 0) is 49.6 Å². The second-order valence-electron chi connectivity index (χ2n) is 6.28. The van der Waals surface area contributed by atoms with Gasteiger partial charge in [0.25, 0.3) is 0 Å². The van der Waals surface area contributed by atoms with E-state index in [9.17, 15) is 0 Å². The van der Waals surface area contributed by atoms with Crippen LogP contribution in [0.5, 0.6) is 5.75 Å². The van der Waals surface area contributed by atoms with Crippen LogP contribution in [0.4, 0.5) is 17.3 Å². The van der Waals surface area contributed by atoms with Gasteiger partial charge in [0.1, 0.15) is 23.2 Å². The predicted molar refractivity (Wildman–Crippen MR) is 106 cm³/mol. The molecule has 2 aromatic carbocycles. The molecule has 1 heterocycles. The Morgan fingerprint density at radius 2 is 1.54 bits per heavy atom. The zero-order valence-corrected chi connectivity index (χ0v) is 15.6. The summed E-state index contributed by atoms with van der Waals surface area (Å²) in [5.74, 6) is 3.15. The molecule has 2 N–H and O–H groups in total. The van der Waals surface area contributed by atoms with Gasteiger partial charge >= 0.3 is 0 Å². The Morgan fingerprint density at radius 3 is 2.19 bits per heavy atom. The van der Waals surface area contributed by atoms with Crippen molar-refractivity contribution in [1.82, 2.24) is 9.97 Å². The normalized spacial score (nSPS) is 10.5. The highest BCUT2D eigenvalue weighted by Gasteiger charge is 2.06. The number of rotatable bonds is 6. The molecule has 0 aliphatic carbocycles. The zero-order chi connectivity index (χ0) is 18.5. The van der Waals surface area contributed by atoms with Gasteiger partial charge < -0.3 is 15.4 Å². The van der Waals surface area contributed by atoms with Gasteiger partial charge in [-0.1, -0.05) is 30.3 Å². The summed E-state index contributed by atoms with van der Waals surface area (Å²) < 4.78 is 5.19. The van der Waals surface area contributed by atoms with Crippen molar-refractivity contribution in [2.75, 3.05) is 17.7 Å². The molecule has 0 fully saturated rings. The highest BCUT2D eigenvalue weighted by atomic mass is 16.5. The number of ether oxygens (including phenoxy) is 1. The maximum atomic E-state index is 5.19. The first-order valence-electron chi connectivity index (χ1n) is 8.61. The summed E-state index contributed by atoms with van der Waals surface area (Å²) in [6.45, 7) is 6.76. The van der Waals surface area contributed by atoms with Crippen LogP contribution >= 0.6 is 0 Å². The molecule has 0 aliphatic rings. The van der Waals surface area contributed by atoms with Gasteiger partial charge in [0.2, 0.25) is 0 Å². The van der Waals surface area contributed by atoms with Crippen molar-refractivity contribution in [3.8, 4) is 5.75 Å². The molecule has 0 unspecified atom stereocenters. The van der Waals surface area contributed by atoms with Crippen LogP contribution in [0, 0.1) is 20.8 Å². The molecule has 5 nitrogen and oxygen atoms in total. The average molecular weight is 348 g/mol. The molecule has 0 aliphatic heterocycles. The molecule has 0 saturated heterocycles. The Balaban J connectivity index is 1.74. The van der Waals surface area contributed by atoms with Crippen LogP contribution < -0.4 is 15.4 Å². The second kappa shape index (κ2) is 7.87. The van der Waals surface area contributed by atoms with Crippen LogP contribution in [0.15, 0.2) is 48.5 Å². The molecule has 3 rings (SSSR count). The summed E-state index contributed by atoms with van der Waals surface area (Å²) in [5, 5.41) is 6.79. The molecular weight excluding hydrogens is 324 g/mol. The Kier molecular flexibility index (Phi) is 5.37. The second-order valence-corrected chi connectivity index (χ2v) is 6.28. The Hall–Kier alpha value is -3.08. The highest BCUT2D eigenvalue weighted by Crippen LogP contribution is 2.24. The smallest absolute Gasteiger partial charge is 0.136 e. The molecule has 0 saturated carbocycles. The number of nitrogens with one attached hydrogen (secondary N) is 2. The molecule has 0 radical (unpaired) electrons. The maximum Gasteiger partial charge on any atom is 0.136 e. The summed E-state index contributed by atoms with van der Waals surface area (Å²) >= 11 is 0. The minimum Gasteiger partial charge on any atom is -0.497 e. The number of para-hydroxylation sites is 1. The lowest BCUT2D eigenvalue weighted by molar-refractivity contribution is 0.414. The van der Waals surface area contributed by atoms with Gasteiger partial charge in [-0.25, -0.2) is 9.97 Å². The van der Waals surface area contributed by atoms with E-state index in [0.29, 0.717) is 6.54 Å². The van der Waals surface area contributed by atoms with Crippen molar-refractivity contribution < 1.29 is 4.74 Å². The van der Waals surface area contributed by atoms with Crippen LogP contribution in [-0.2, 0) is 6.54 Å². The molecule has 1 aromatic heterocycles. The van der Waals surface area contributed by atoms with Gasteiger partial charge in [-0.3, -0.25) is 0 Å². The van der Waals surface area contributed by atoms with Gasteiger partial charge in [0, 0.05) is 18.3 Å². The lowest BCUT2D eigenvalue weighted by atomic mass is 10.1. The van der Waals surface area contributed by atoms with Crippen LogP contribution in [0.2, 0.25) is 0 Å². The van der Waals surface area contributed by atoms with E-state index in [-0.39, 0.29) is 0 Å². The first-order valence-corrected chi connectivity index (χ1v) is 8.61. The van der Waals surface area contributed by atoms with Gasteiger partial charge in [0.05, 0.1) is 7.11 Å². The van der Waals surface area contributed by atoms with Gasteiger partial charge in [-0.2, -0.15) is 0 Å². The lowest BCUT2D eigenvalue weighted by Gasteiger charge is -2.14. The number of aromatic nitrogens is 2. The van der Waals surface area contributed by atoms with Gasteiger partial charge in [-0.15, -0.1) is 0 Å². The molecule has 3 aromatic rings. The number of hydrogen-bond donors (Lipinski definition) is 2. The quantitative estimate of drug-likeness (QED) is 0.672. The first-order chi connectivity index (χ1) is 12.5. The minimum atomic E-state index is 0.684. The fourth-order valence-electron chi connectivity index (χ4n) is 2.80. The van der Waals surface area contributed by atoms with Crippen molar-refractivity contribution in [2.45, 2.75) is 27.3 Å². The summed E-state index contributed by atoms with van der Waals surface area (Å²) in [6, 6.07) is 16.2. The van der Waals surface area contributed by atoms with E-state index in [1.807, 2.05) is 37.3 Å². The molecule has 26 heavy (non-hydrogen) atoms. The SMILES string of the molecule is COc1ccc(CNc2cc(Nc3c(C)cccc3C)nc(C)n2)cc1. The summed E-state index contributed by atoms with van der Waals surface area (Å²) in [5.41, 5.74) is 4.63. The Bertz CT molecular complexity index is 871. The third kappa shape index (κ3) is 4.30. The van der Waals surface area contributed by atoms with E-state index in [1.54, 1.807) is 7.11 Å². The molecule has 0 bridgehead atoms. The van der Waals surface area contributed by atoms with Crippen molar-refractivity contribution in [3.05, 3.63) is 71.0 Å². The summed E-state index contributed by atoms with van der Waals surface area (Å²) in [6.07, 6.45) is 0. The maximum absolute atomic E-state index is 5.19. The highest BCUT2D eigenvalue weighted by molar-refractivity contribution is 5.65. The summed E-state index contributed by atoms with van der Waals surface area (Å²) in [4.78, 5) is 8.99. The molecule has 0 amide bonds. The van der Waals surface area contributed by atoms with E-state index >= 15 is 0 Å².